The molecule has 0 atom stereocenters. The third-order valence-corrected chi connectivity index (χ3v) is 6.11. The Labute approximate surface area is 201 Å². The molecular formula is C22H33IN4O2S. The van der Waals surface area contributed by atoms with Crippen LogP contribution in [-0.2, 0) is 19.4 Å². The van der Waals surface area contributed by atoms with Crippen LogP contribution >= 0.6 is 35.3 Å². The number of thiazole rings is 1. The zero-order valence-corrected chi connectivity index (χ0v) is 21.5. The van der Waals surface area contributed by atoms with Crippen LogP contribution in [0.5, 0.6) is 11.5 Å². The first-order valence-corrected chi connectivity index (χ1v) is 11.2. The molecule has 30 heavy (non-hydrogen) atoms. The van der Waals surface area contributed by atoms with Crippen molar-refractivity contribution in [2.75, 3.05) is 33.9 Å². The van der Waals surface area contributed by atoms with E-state index in [0.29, 0.717) is 0 Å². The fraction of sp³-hybridized carbons (Fsp3) is 0.545. The normalized spacial score (nSPS) is 13.5. The average molecular weight is 545 g/mol. The minimum atomic E-state index is 0. The number of nitrogens with one attached hydrogen (secondary N) is 1. The maximum absolute atomic E-state index is 5.48. The van der Waals surface area contributed by atoms with Gasteiger partial charge in [0.2, 0.25) is 0 Å². The maximum Gasteiger partial charge on any atom is 0.194 e. The molecular weight excluding hydrogens is 511 g/mol. The molecule has 0 spiro atoms. The molecule has 0 saturated carbocycles. The number of benzene rings is 1. The number of fused-ring (bicyclic) bond motifs is 1. The predicted octanol–water partition coefficient (Wildman–Crippen LogP) is 4.43. The predicted molar refractivity (Wildman–Crippen MR) is 135 cm³/mol. The number of aromatic nitrogens is 1. The van der Waals surface area contributed by atoms with E-state index >= 15 is 0 Å². The summed E-state index contributed by atoms with van der Waals surface area (Å²) < 4.78 is 10.9. The first kappa shape index (κ1) is 24.7. The van der Waals surface area contributed by atoms with Gasteiger partial charge in [0.15, 0.2) is 17.5 Å². The molecule has 8 heteroatoms. The van der Waals surface area contributed by atoms with E-state index in [2.05, 4.69) is 46.6 Å². The maximum atomic E-state index is 5.48. The highest BCUT2D eigenvalue weighted by molar-refractivity contribution is 14.0. The Morgan fingerprint density at radius 1 is 1.20 bits per heavy atom. The zero-order chi connectivity index (χ0) is 20.6. The number of aliphatic imine (C=N–C) groups is 1. The SMILES string of the molecule is CCNC(=NCCCCc1nc(C)cs1)N1CCc2cc(OC)c(OC)cc2C1.I. The van der Waals surface area contributed by atoms with Crippen LogP contribution < -0.4 is 14.8 Å². The van der Waals surface area contributed by atoms with Crippen molar-refractivity contribution in [3.05, 3.63) is 39.3 Å². The molecule has 0 unspecified atom stereocenters. The van der Waals surface area contributed by atoms with Crippen LogP contribution in [0.2, 0.25) is 0 Å². The number of methoxy groups -OCH3 is 2. The van der Waals surface area contributed by atoms with Crippen LogP contribution in [0.1, 0.15) is 41.6 Å². The lowest BCUT2D eigenvalue weighted by Gasteiger charge is -2.32. The van der Waals surface area contributed by atoms with E-state index in [1.165, 1.54) is 16.1 Å². The molecule has 1 aliphatic heterocycles. The Hall–Kier alpha value is -1.55. The summed E-state index contributed by atoms with van der Waals surface area (Å²) in [5.41, 5.74) is 3.73. The van der Waals surface area contributed by atoms with Gasteiger partial charge in [-0.25, -0.2) is 4.98 Å². The summed E-state index contributed by atoms with van der Waals surface area (Å²) in [4.78, 5) is 11.8. The van der Waals surface area contributed by atoms with Gasteiger partial charge in [-0.3, -0.25) is 4.99 Å². The summed E-state index contributed by atoms with van der Waals surface area (Å²) in [5, 5.41) is 6.81. The van der Waals surface area contributed by atoms with Crippen LogP contribution in [0, 0.1) is 6.92 Å². The van der Waals surface area contributed by atoms with Crippen molar-refractivity contribution in [1.29, 1.82) is 0 Å². The molecule has 0 bridgehead atoms. The van der Waals surface area contributed by atoms with E-state index < -0.39 is 0 Å². The number of guanidine groups is 1. The van der Waals surface area contributed by atoms with Gasteiger partial charge in [0, 0.05) is 37.3 Å². The number of hydrogen-bond donors (Lipinski definition) is 1. The van der Waals surface area contributed by atoms with E-state index in [9.17, 15) is 0 Å². The minimum absolute atomic E-state index is 0. The van der Waals surface area contributed by atoms with Crippen molar-refractivity contribution in [2.45, 2.75) is 46.1 Å². The Kier molecular flexibility index (Phi) is 10.2. The van der Waals surface area contributed by atoms with Crippen LogP contribution in [0.3, 0.4) is 0 Å². The van der Waals surface area contributed by atoms with Crippen LogP contribution in [-0.4, -0.2) is 49.7 Å². The van der Waals surface area contributed by atoms with Crippen LogP contribution in [0.4, 0.5) is 0 Å². The van der Waals surface area contributed by atoms with Crippen molar-refractivity contribution in [1.82, 2.24) is 15.2 Å². The molecule has 6 nitrogen and oxygen atoms in total. The summed E-state index contributed by atoms with van der Waals surface area (Å²) >= 11 is 1.76. The fourth-order valence-corrected chi connectivity index (χ4v) is 4.40. The molecule has 0 aliphatic carbocycles. The monoisotopic (exact) mass is 544 g/mol. The van der Waals surface area contributed by atoms with Gasteiger partial charge >= 0.3 is 0 Å². The first-order chi connectivity index (χ1) is 14.1. The molecule has 2 aromatic rings. The molecule has 0 fully saturated rings. The van der Waals surface area contributed by atoms with Gasteiger partial charge in [0.25, 0.3) is 0 Å². The quantitative estimate of drug-likeness (QED) is 0.231. The van der Waals surface area contributed by atoms with Crippen molar-refractivity contribution in [3.8, 4) is 11.5 Å². The Balaban J connectivity index is 0.00000320. The van der Waals surface area contributed by atoms with E-state index in [4.69, 9.17) is 14.5 Å². The highest BCUT2D eigenvalue weighted by Crippen LogP contribution is 2.33. The van der Waals surface area contributed by atoms with Crippen molar-refractivity contribution < 1.29 is 9.47 Å². The molecule has 1 aliphatic rings. The molecule has 1 N–H and O–H groups in total. The number of rotatable bonds is 8. The number of aryl methyl sites for hydroxylation is 2. The van der Waals surface area contributed by atoms with Gasteiger partial charge in [-0.15, -0.1) is 35.3 Å². The third kappa shape index (κ3) is 6.47. The standard InChI is InChI=1S/C22H32N4O2S.HI/c1-5-23-22(24-10-7-6-8-21-25-16(2)15-29-21)26-11-9-17-12-19(27-3)20(28-4)13-18(17)14-26;/h12-13,15H,5-11,14H2,1-4H3,(H,23,24);1H. The Bertz CT molecular complexity index is 841. The van der Waals surface area contributed by atoms with E-state index in [1.54, 1.807) is 25.6 Å². The van der Waals surface area contributed by atoms with Crippen molar-refractivity contribution in [3.63, 3.8) is 0 Å². The van der Waals surface area contributed by atoms with Gasteiger partial charge in [0.05, 0.1) is 19.2 Å². The second-order valence-corrected chi connectivity index (χ2v) is 8.17. The van der Waals surface area contributed by atoms with Gasteiger partial charge in [-0.1, -0.05) is 0 Å². The molecule has 3 rings (SSSR count). The summed E-state index contributed by atoms with van der Waals surface area (Å²) in [6.07, 6.45) is 4.21. The second kappa shape index (κ2) is 12.3. The van der Waals surface area contributed by atoms with Crippen molar-refractivity contribution in [2.24, 2.45) is 4.99 Å². The van der Waals surface area contributed by atoms with Crippen LogP contribution in [0.15, 0.2) is 22.5 Å². The average Bonchev–Trinajstić information content (AvgIpc) is 3.16. The molecule has 2 heterocycles. The zero-order valence-electron chi connectivity index (χ0n) is 18.4. The Morgan fingerprint density at radius 3 is 2.57 bits per heavy atom. The lowest BCUT2D eigenvalue weighted by molar-refractivity contribution is 0.346. The summed E-state index contributed by atoms with van der Waals surface area (Å²) in [6.45, 7) is 7.66. The molecule has 166 valence electrons. The lowest BCUT2D eigenvalue weighted by atomic mass is 9.99. The molecule has 0 radical (unpaired) electrons. The second-order valence-electron chi connectivity index (χ2n) is 7.22. The highest BCUT2D eigenvalue weighted by atomic mass is 127. The van der Waals surface area contributed by atoms with E-state index in [0.717, 1.165) is 75.0 Å². The van der Waals surface area contributed by atoms with E-state index in [1.807, 2.05) is 0 Å². The molecule has 0 amide bonds. The van der Waals surface area contributed by atoms with Crippen LogP contribution in [0.25, 0.3) is 0 Å². The molecule has 1 aromatic heterocycles. The largest absolute Gasteiger partial charge is 0.493 e. The Morgan fingerprint density at radius 2 is 1.93 bits per heavy atom. The number of nitrogens with zero attached hydrogens (tertiary/aromatic N) is 3. The minimum Gasteiger partial charge on any atom is -0.493 e. The number of unbranched alkanes of at least 4 members (excludes halogenated alkanes) is 1. The number of hydrogen-bond acceptors (Lipinski definition) is 5. The molecule has 0 saturated heterocycles. The fourth-order valence-electron chi connectivity index (χ4n) is 3.58. The topological polar surface area (TPSA) is 59.0 Å². The van der Waals surface area contributed by atoms with Gasteiger partial charge < -0.3 is 19.7 Å². The number of halogens is 1. The number of ether oxygens (including phenoxy) is 2. The lowest BCUT2D eigenvalue weighted by Crippen LogP contribution is -2.44. The van der Waals surface area contributed by atoms with E-state index in [-0.39, 0.29) is 24.0 Å². The highest BCUT2D eigenvalue weighted by Gasteiger charge is 2.21. The summed E-state index contributed by atoms with van der Waals surface area (Å²) in [5.74, 6) is 2.58. The van der Waals surface area contributed by atoms with Gasteiger partial charge in [0.1, 0.15) is 0 Å². The van der Waals surface area contributed by atoms with Gasteiger partial charge in [-0.05, 0) is 62.8 Å². The summed E-state index contributed by atoms with van der Waals surface area (Å²) in [6, 6.07) is 4.20. The smallest absolute Gasteiger partial charge is 0.194 e. The third-order valence-electron chi connectivity index (χ3n) is 5.08. The first-order valence-electron chi connectivity index (χ1n) is 10.3. The van der Waals surface area contributed by atoms with Gasteiger partial charge in [-0.2, -0.15) is 0 Å². The van der Waals surface area contributed by atoms with Crippen molar-refractivity contribution >= 4 is 41.3 Å². The molecule has 1 aromatic carbocycles. The summed E-state index contributed by atoms with van der Waals surface area (Å²) in [7, 11) is 3.37.